The van der Waals surface area contributed by atoms with E-state index in [9.17, 15) is 13.6 Å². The molecule has 0 spiro atoms. The highest BCUT2D eigenvalue weighted by Gasteiger charge is 2.27. The maximum Gasteiger partial charge on any atom is 0.187 e. The fraction of sp³-hybridized carbons (Fsp3) is 0.115. The van der Waals surface area contributed by atoms with Crippen LogP contribution in [0.2, 0.25) is 10.0 Å². The lowest BCUT2D eigenvalue weighted by Gasteiger charge is -2.30. The number of benzene rings is 3. The standard InChI is InChI=1S/C26H19Cl2F2NO/c27-22-8-4-10-24(29)20(22)12-18-15-31(14-17-6-2-1-3-7-17)16-19(26(18)32)13-21-23(28)9-5-11-25(21)30/h1-13H,14-16H2/b18-12+,19-13+. The van der Waals surface area contributed by atoms with E-state index in [1.54, 1.807) is 12.1 Å². The summed E-state index contributed by atoms with van der Waals surface area (Å²) in [6.07, 6.45) is 2.96. The number of carbonyl (C=O) groups excluding carboxylic acids is 1. The molecule has 1 saturated heterocycles. The highest BCUT2D eigenvalue weighted by atomic mass is 35.5. The Hall–Kier alpha value is -2.79. The SMILES string of the molecule is O=C1/C(=C/c2c(F)cccc2Cl)CN(Cc2ccccc2)C/C1=C\c1c(F)cccc1Cl. The van der Waals surface area contributed by atoms with Gasteiger partial charge in [-0.2, -0.15) is 0 Å². The number of nitrogens with zero attached hydrogens (tertiary/aromatic N) is 1. The van der Waals surface area contributed by atoms with Crippen LogP contribution in [-0.4, -0.2) is 23.8 Å². The second-order valence-electron chi connectivity index (χ2n) is 7.57. The summed E-state index contributed by atoms with van der Waals surface area (Å²) < 4.78 is 28.8. The minimum Gasteiger partial charge on any atom is -0.290 e. The van der Waals surface area contributed by atoms with Gasteiger partial charge < -0.3 is 0 Å². The second kappa shape index (κ2) is 9.78. The predicted octanol–water partition coefficient (Wildman–Crippen LogP) is 6.82. The Morgan fingerprint density at radius 1 is 0.750 bits per heavy atom. The monoisotopic (exact) mass is 469 g/mol. The van der Waals surface area contributed by atoms with E-state index >= 15 is 0 Å². The van der Waals surface area contributed by atoms with E-state index in [4.69, 9.17) is 23.2 Å². The van der Waals surface area contributed by atoms with Crippen molar-refractivity contribution in [1.29, 1.82) is 0 Å². The van der Waals surface area contributed by atoms with Crippen molar-refractivity contribution in [2.45, 2.75) is 6.54 Å². The molecule has 0 aromatic heterocycles. The van der Waals surface area contributed by atoms with E-state index in [2.05, 4.69) is 0 Å². The lowest BCUT2D eigenvalue weighted by atomic mass is 9.93. The number of piperidine rings is 1. The number of Topliss-reactive ketones (excluding diaryl/α,β-unsaturated/α-hetero) is 1. The summed E-state index contributed by atoms with van der Waals surface area (Å²) >= 11 is 12.4. The highest BCUT2D eigenvalue weighted by Crippen LogP contribution is 2.29. The maximum atomic E-state index is 14.4. The zero-order chi connectivity index (χ0) is 22.7. The lowest BCUT2D eigenvalue weighted by Crippen LogP contribution is -2.37. The van der Waals surface area contributed by atoms with Gasteiger partial charge in [-0.3, -0.25) is 9.69 Å². The minimum absolute atomic E-state index is 0.155. The summed E-state index contributed by atoms with van der Waals surface area (Å²) in [4.78, 5) is 15.3. The van der Waals surface area contributed by atoms with Gasteiger partial charge in [0.15, 0.2) is 5.78 Å². The molecule has 32 heavy (non-hydrogen) atoms. The molecule has 3 aromatic rings. The molecule has 0 N–H and O–H groups in total. The van der Waals surface area contributed by atoms with Gasteiger partial charge in [0.2, 0.25) is 0 Å². The van der Waals surface area contributed by atoms with Crippen LogP contribution in [0.5, 0.6) is 0 Å². The normalized spacial score (nSPS) is 17.3. The summed E-state index contributed by atoms with van der Waals surface area (Å²) in [5, 5.41) is 0.432. The number of halogens is 4. The third kappa shape index (κ3) is 4.99. The summed E-state index contributed by atoms with van der Waals surface area (Å²) in [6, 6.07) is 18.5. The third-order valence-electron chi connectivity index (χ3n) is 5.26. The molecule has 0 saturated carbocycles. The summed E-state index contributed by atoms with van der Waals surface area (Å²) in [6.45, 7) is 1.18. The van der Waals surface area contributed by atoms with Crippen LogP contribution in [-0.2, 0) is 11.3 Å². The number of ketones is 1. The van der Waals surface area contributed by atoms with E-state index < -0.39 is 11.6 Å². The van der Waals surface area contributed by atoms with Crippen molar-refractivity contribution in [3.05, 3.63) is 116 Å². The van der Waals surface area contributed by atoms with Crippen molar-refractivity contribution in [2.75, 3.05) is 13.1 Å². The smallest absolute Gasteiger partial charge is 0.187 e. The van der Waals surface area contributed by atoms with Crippen molar-refractivity contribution in [3.8, 4) is 0 Å². The average molecular weight is 470 g/mol. The molecular formula is C26H19Cl2F2NO. The minimum atomic E-state index is -0.513. The Labute approximate surface area is 195 Å². The highest BCUT2D eigenvalue weighted by molar-refractivity contribution is 6.33. The topological polar surface area (TPSA) is 20.3 Å². The van der Waals surface area contributed by atoms with Gasteiger partial charge in [-0.25, -0.2) is 8.78 Å². The van der Waals surface area contributed by atoms with Crippen molar-refractivity contribution < 1.29 is 13.6 Å². The molecule has 6 heteroatoms. The van der Waals surface area contributed by atoms with Crippen molar-refractivity contribution in [2.24, 2.45) is 0 Å². The van der Waals surface area contributed by atoms with Crippen LogP contribution in [0, 0.1) is 11.6 Å². The first-order chi connectivity index (χ1) is 15.4. The van der Waals surface area contributed by atoms with Gasteiger partial charge >= 0.3 is 0 Å². The van der Waals surface area contributed by atoms with Crippen LogP contribution in [0.3, 0.4) is 0 Å². The molecule has 0 amide bonds. The van der Waals surface area contributed by atoms with Crippen LogP contribution in [0.15, 0.2) is 77.9 Å². The van der Waals surface area contributed by atoms with E-state index in [0.29, 0.717) is 30.8 Å². The van der Waals surface area contributed by atoms with Crippen LogP contribution >= 0.6 is 23.2 Å². The summed E-state index contributed by atoms with van der Waals surface area (Å²) in [5.41, 5.74) is 2.12. The Morgan fingerprint density at radius 2 is 1.25 bits per heavy atom. The fourth-order valence-corrected chi connectivity index (χ4v) is 4.14. The van der Waals surface area contributed by atoms with Gasteiger partial charge in [0, 0.05) is 41.9 Å². The number of likely N-dealkylation sites (tertiary alicyclic amines) is 1. The summed E-state index contributed by atoms with van der Waals surface area (Å²) in [5.74, 6) is -1.31. The van der Waals surface area contributed by atoms with E-state index in [1.807, 2.05) is 35.2 Å². The first-order valence-electron chi connectivity index (χ1n) is 10.0. The number of hydrogen-bond donors (Lipinski definition) is 0. The molecule has 1 fully saturated rings. The quantitative estimate of drug-likeness (QED) is 0.390. The van der Waals surface area contributed by atoms with Crippen molar-refractivity contribution in [1.82, 2.24) is 4.90 Å². The zero-order valence-electron chi connectivity index (χ0n) is 17.0. The average Bonchev–Trinajstić information content (AvgIpc) is 2.77. The molecule has 0 bridgehead atoms. The molecule has 0 unspecified atom stereocenters. The molecule has 0 atom stereocenters. The van der Waals surface area contributed by atoms with E-state index in [-0.39, 0.29) is 27.0 Å². The van der Waals surface area contributed by atoms with Crippen LogP contribution < -0.4 is 0 Å². The molecule has 0 radical (unpaired) electrons. The Balaban J connectivity index is 1.77. The predicted molar refractivity (Wildman–Crippen MR) is 126 cm³/mol. The largest absolute Gasteiger partial charge is 0.290 e. The Morgan fingerprint density at radius 3 is 1.72 bits per heavy atom. The molecule has 3 aromatic carbocycles. The van der Waals surface area contributed by atoms with Gasteiger partial charge in [-0.1, -0.05) is 65.7 Å². The van der Waals surface area contributed by atoms with Gasteiger partial charge in [-0.05, 0) is 42.0 Å². The molecule has 1 aliphatic rings. The van der Waals surface area contributed by atoms with E-state index in [0.717, 1.165) is 5.56 Å². The van der Waals surface area contributed by atoms with Crippen molar-refractivity contribution >= 4 is 41.1 Å². The van der Waals surface area contributed by atoms with Gasteiger partial charge in [-0.15, -0.1) is 0 Å². The van der Waals surface area contributed by atoms with Gasteiger partial charge in [0.25, 0.3) is 0 Å². The number of carbonyl (C=O) groups is 1. The molecular weight excluding hydrogens is 451 g/mol. The number of hydrogen-bond acceptors (Lipinski definition) is 2. The van der Waals surface area contributed by atoms with Crippen LogP contribution in [0.25, 0.3) is 12.2 Å². The second-order valence-corrected chi connectivity index (χ2v) is 8.38. The Kier molecular flexibility index (Phi) is 6.85. The molecule has 1 heterocycles. The zero-order valence-corrected chi connectivity index (χ0v) is 18.5. The molecule has 162 valence electrons. The molecule has 2 nitrogen and oxygen atoms in total. The first-order valence-corrected chi connectivity index (χ1v) is 10.8. The van der Waals surface area contributed by atoms with Gasteiger partial charge in [0.1, 0.15) is 11.6 Å². The maximum absolute atomic E-state index is 14.4. The molecule has 1 aliphatic heterocycles. The Bertz CT molecular complexity index is 1110. The fourth-order valence-electron chi connectivity index (χ4n) is 3.71. The van der Waals surface area contributed by atoms with Crippen LogP contribution in [0.4, 0.5) is 8.78 Å². The van der Waals surface area contributed by atoms with Crippen LogP contribution in [0.1, 0.15) is 16.7 Å². The first kappa shape index (κ1) is 22.4. The van der Waals surface area contributed by atoms with Gasteiger partial charge in [0.05, 0.1) is 10.0 Å². The molecule has 4 rings (SSSR count). The van der Waals surface area contributed by atoms with Crippen molar-refractivity contribution in [3.63, 3.8) is 0 Å². The third-order valence-corrected chi connectivity index (χ3v) is 5.92. The van der Waals surface area contributed by atoms with E-state index in [1.165, 1.54) is 36.4 Å². The number of rotatable bonds is 4. The lowest BCUT2D eigenvalue weighted by molar-refractivity contribution is -0.113. The molecule has 0 aliphatic carbocycles. The summed E-state index contributed by atoms with van der Waals surface area (Å²) in [7, 11) is 0.